The van der Waals surface area contributed by atoms with Gasteiger partial charge in [0.1, 0.15) is 0 Å². The summed E-state index contributed by atoms with van der Waals surface area (Å²) in [7, 11) is 0. The number of fused-ring (bicyclic) bond motifs is 1. The van der Waals surface area contributed by atoms with Crippen LogP contribution in [0.3, 0.4) is 0 Å². The summed E-state index contributed by atoms with van der Waals surface area (Å²) in [6.07, 6.45) is 4.48. The van der Waals surface area contributed by atoms with Crippen molar-refractivity contribution in [2.45, 2.75) is 13.8 Å². The van der Waals surface area contributed by atoms with Crippen molar-refractivity contribution in [3.8, 4) is 0 Å². The molecule has 0 saturated heterocycles. The Kier molecular flexibility index (Phi) is 3.01. The zero-order chi connectivity index (χ0) is 13.3. The zero-order valence-electron chi connectivity index (χ0n) is 9.85. The SMILES string of the molecule is CC(=O)OC1=CC2=CNC(=O)C2C=C1OC(C)=O. The number of carbonyl (C=O) groups excluding carboxylic acids is 3. The zero-order valence-corrected chi connectivity index (χ0v) is 9.85. The lowest BCUT2D eigenvalue weighted by Crippen LogP contribution is -2.21. The maximum absolute atomic E-state index is 11.5. The standard InChI is InChI=1S/C12H11NO5/c1-6(14)17-10-3-8-5-13-12(16)9(8)4-11(10)18-7(2)15/h3-5,9H,1-2H3,(H,13,16). The Balaban J connectivity index is 2.33. The van der Waals surface area contributed by atoms with E-state index in [1.54, 1.807) is 0 Å². The molecule has 0 aromatic rings. The molecule has 0 fully saturated rings. The Hall–Kier alpha value is -2.37. The van der Waals surface area contributed by atoms with Crippen molar-refractivity contribution in [2.75, 3.05) is 0 Å². The quantitative estimate of drug-likeness (QED) is 0.722. The molecule has 1 amide bonds. The number of carbonyl (C=O) groups is 3. The van der Waals surface area contributed by atoms with Crippen LogP contribution < -0.4 is 5.32 Å². The summed E-state index contributed by atoms with van der Waals surface area (Å²) in [5.74, 6) is -1.61. The first kappa shape index (κ1) is 12.1. The first-order valence-electron chi connectivity index (χ1n) is 5.28. The molecule has 94 valence electrons. The molecule has 1 aliphatic carbocycles. The Bertz CT molecular complexity index is 527. The molecule has 2 rings (SSSR count). The fourth-order valence-electron chi connectivity index (χ4n) is 1.72. The van der Waals surface area contributed by atoms with E-state index in [9.17, 15) is 14.4 Å². The predicted molar refractivity (Wildman–Crippen MR) is 59.4 cm³/mol. The maximum Gasteiger partial charge on any atom is 0.308 e. The smallest absolute Gasteiger partial charge is 0.308 e. The van der Waals surface area contributed by atoms with Crippen LogP contribution >= 0.6 is 0 Å². The van der Waals surface area contributed by atoms with Gasteiger partial charge >= 0.3 is 11.9 Å². The lowest BCUT2D eigenvalue weighted by molar-refractivity contribution is -0.141. The molecule has 0 spiro atoms. The van der Waals surface area contributed by atoms with Crippen LogP contribution in [-0.2, 0) is 23.9 Å². The highest BCUT2D eigenvalue weighted by molar-refractivity contribution is 5.89. The van der Waals surface area contributed by atoms with Crippen LogP contribution in [-0.4, -0.2) is 17.8 Å². The minimum atomic E-state index is -0.551. The van der Waals surface area contributed by atoms with Gasteiger partial charge in [-0.3, -0.25) is 14.4 Å². The van der Waals surface area contributed by atoms with Crippen LogP contribution in [0.15, 0.2) is 35.4 Å². The van der Waals surface area contributed by atoms with Crippen molar-refractivity contribution in [3.05, 3.63) is 35.4 Å². The van der Waals surface area contributed by atoms with Gasteiger partial charge in [-0.05, 0) is 17.7 Å². The highest BCUT2D eigenvalue weighted by atomic mass is 16.6. The van der Waals surface area contributed by atoms with E-state index in [1.807, 2.05) is 0 Å². The van der Waals surface area contributed by atoms with Gasteiger partial charge in [0.05, 0.1) is 5.92 Å². The second-order valence-electron chi connectivity index (χ2n) is 3.86. The number of esters is 2. The van der Waals surface area contributed by atoms with Crippen LogP contribution in [0.25, 0.3) is 0 Å². The van der Waals surface area contributed by atoms with Gasteiger partial charge in [0.25, 0.3) is 0 Å². The van der Waals surface area contributed by atoms with Crippen molar-refractivity contribution < 1.29 is 23.9 Å². The summed E-state index contributed by atoms with van der Waals surface area (Å²) >= 11 is 0. The molecule has 0 bridgehead atoms. The first-order chi connectivity index (χ1) is 8.47. The molecule has 6 heteroatoms. The van der Waals surface area contributed by atoms with E-state index in [1.165, 1.54) is 32.2 Å². The molecule has 18 heavy (non-hydrogen) atoms. The van der Waals surface area contributed by atoms with E-state index in [0.717, 1.165) is 0 Å². The first-order valence-corrected chi connectivity index (χ1v) is 5.28. The Morgan fingerprint density at radius 1 is 1.17 bits per heavy atom. The number of ether oxygens (including phenoxy) is 2. The van der Waals surface area contributed by atoms with Gasteiger partial charge in [0.15, 0.2) is 11.5 Å². The van der Waals surface area contributed by atoms with Gasteiger partial charge < -0.3 is 14.8 Å². The number of hydrogen-bond acceptors (Lipinski definition) is 5. The Morgan fingerprint density at radius 2 is 1.78 bits per heavy atom. The van der Waals surface area contributed by atoms with Crippen molar-refractivity contribution in [1.29, 1.82) is 0 Å². The molecule has 1 N–H and O–H groups in total. The van der Waals surface area contributed by atoms with Gasteiger partial charge in [-0.1, -0.05) is 0 Å². The molecule has 1 heterocycles. The van der Waals surface area contributed by atoms with Gasteiger partial charge in [0, 0.05) is 20.0 Å². The largest absolute Gasteiger partial charge is 0.423 e. The third-order valence-electron chi connectivity index (χ3n) is 2.39. The molecule has 0 aromatic carbocycles. The van der Waals surface area contributed by atoms with Gasteiger partial charge in [-0.25, -0.2) is 0 Å². The maximum atomic E-state index is 11.5. The second kappa shape index (κ2) is 4.48. The average Bonchev–Trinajstić information content (AvgIpc) is 2.59. The topological polar surface area (TPSA) is 81.7 Å². The number of allylic oxidation sites excluding steroid dienone is 1. The number of nitrogens with one attached hydrogen (secondary N) is 1. The van der Waals surface area contributed by atoms with Crippen molar-refractivity contribution in [1.82, 2.24) is 5.32 Å². The highest BCUT2D eigenvalue weighted by Crippen LogP contribution is 2.31. The van der Waals surface area contributed by atoms with Crippen LogP contribution in [0.4, 0.5) is 0 Å². The molecule has 0 aromatic heterocycles. The van der Waals surface area contributed by atoms with E-state index in [2.05, 4.69) is 5.32 Å². The predicted octanol–water partition coefficient (Wildman–Crippen LogP) is 0.524. The third-order valence-corrected chi connectivity index (χ3v) is 2.39. The molecule has 6 nitrogen and oxygen atoms in total. The van der Waals surface area contributed by atoms with Crippen LogP contribution in [0.2, 0.25) is 0 Å². The van der Waals surface area contributed by atoms with Crippen LogP contribution in [0.5, 0.6) is 0 Å². The monoisotopic (exact) mass is 249 g/mol. The minimum absolute atomic E-state index is 0.0805. The highest BCUT2D eigenvalue weighted by Gasteiger charge is 2.32. The fourth-order valence-corrected chi connectivity index (χ4v) is 1.72. The molecular formula is C12H11NO5. The van der Waals surface area contributed by atoms with Gasteiger partial charge in [-0.15, -0.1) is 0 Å². The molecule has 1 aliphatic heterocycles. The Labute approximate surface area is 103 Å². The second-order valence-corrected chi connectivity index (χ2v) is 3.86. The lowest BCUT2D eigenvalue weighted by Gasteiger charge is -2.18. The van der Waals surface area contributed by atoms with Crippen LogP contribution in [0.1, 0.15) is 13.8 Å². The summed E-state index contributed by atoms with van der Waals surface area (Å²) in [5.41, 5.74) is 0.659. The van der Waals surface area contributed by atoms with Gasteiger partial charge in [0.2, 0.25) is 5.91 Å². The van der Waals surface area contributed by atoms with Crippen molar-refractivity contribution in [2.24, 2.45) is 5.92 Å². The summed E-state index contributed by atoms with van der Waals surface area (Å²) in [4.78, 5) is 33.4. The molecule has 1 unspecified atom stereocenters. The van der Waals surface area contributed by atoms with Crippen LogP contribution in [0, 0.1) is 5.92 Å². The fraction of sp³-hybridized carbons (Fsp3) is 0.250. The number of amides is 1. The Morgan fingerprint density at radius 3 is 2.39 bits per heavy atom. The summed E-state index contributed by atoms with van der Waals surface area (Å²) in [5, 5.41) is 2.54. The van der Waals surface area contributed by atoms with Crippen molar-refractivity contribution >= 4 is 17.8 Å². The van der Waals surface area contributed by atoms with E-state index in [0.29, 0.717) is 5.57 Å². The van der Waals surface area contributed by atoms with Gasteiger partial charge in [-0.2, -0.15) is 0 Å². The molecule has 0 saturated carbocycles. The van der Waals surface area contributed by atoms with E-state index in [-0.39, 0.29) is 17.4 Å². The third kappa shape index (κ3) is 2.32. The molecular weight excluding hydrogens is 238 g/mol. The minimum Gasteiger partial charge on any atom is -0.423 e. The lowest BCUT2D eigenvalue weighted by atomic mass is 9.95. The van der Waals surface area contributed by atoms with E-state index < -0.39 is 17.9 Å². The van der Waals surface area contributed by atoms with E-state index in [4.69, 9.17) is 9.47 Å². The number of rotatable bonds is 2. The summed E-state index contributed by atoms with van der Waals surface area (Å²) < 4.78 is 9.88. The average molecular weight is 249 g/mol. The van der Waals surface area contributed by atoms with E-state index >= 15 is 0 Å². The number of hydrogen-bond donors (Lipinski definition) is 1. The molecule has 2 aliphatic rings. The molecule has 1 atom stereocenters. The normalized spacial score (nSPS) is 21.1. The summed E-state index contributed by atoms with van der Waals surface area (Å²) in [6, 6.07) is 0. The summed E-state index contributed by atoms with van der Waals surface area (Å²) in [6.45, 7) is 2.47. The molecule has 0 radical (unpaired) electrons. The van der Waals surface area contributed by atoms with Crippen molar-refractivity contribution in [3.63, 3.8) is 0 Å².